The minimum absolute atomic E-state index is 0.0291. The molecule has 1 aromatic heterocycles. The summed E-state index contributed by atoms with van der Waals surface area (Å²) in [6, 6.07) is 2.00. The Morgan fingerprint density at radius 2 is 2.06 bits per heavy atom. The topological polar surface area (TPSA) is 31.2 Å². The molecule has 1 atom stereocenters. The fraction of sp³-hybridized carbons (Fsp3) is 0.667. The van der Waals surface area contributed by atoms with Crippen molar-refractivity contribution < 1.29 is 9.53 Å². The summed E-state index contributed by atoms with van der Waals surface area (Å²) in [5.41, 5.74) is 2.25. The minimum Gasteiger partial charge on any atom is -0.379 e. The predicted molar refractivity (Wildman–Crippen MR) is 69.9 cm³/mol. The van der Waals surface area contributed by atoms with Gasteiger partial charge in [0.05, 0.1) is 12.1 Å². The third kappa shape index (κ3) is 1.72. The molecule has 0 aromatic carbocycles. The summed E-state index contributed by atoms with van der Waals surface area (Å²) in [5, 5.41) is 0. The molecule has 0 bridgehead atoms. The van der Waals surface area contributed by atoms with E-state index in [1.807, 2.05) is 6.07 Å². The molecule has 1 aromatic rings. The Balaban J connectivity index is 2.07. The molecule has 2 heterocycles. The van der Waals surface area contributed by atoms with Gasteiger partial charge in [0, 0.05) is 30.5 Å². The number of carbonyl (C=O) groups excluding carboxylic acids is 1. The Hall–Kier alpha value is -1.09. The van der Waals surface area contributed by atoms with E-state index in [0.29, 0.717) is 12.2 Å². The number of fused-ring (bicyclic) bond motifs is 1. The van der Waals surface area contributed by atoms with Crippen molar-refractivity contribution in [1.82, 2.24) is 4.57 Å². The average molecular weight is 247 g/mol. The first-order valence-corrected chi connectivity index (χ1v) is 6.73. The molecule has 3 heteroatoms. The van der Waals surface area contributed by atoms with Crippen molar-refractivity contribution in [3.63, 3.8) is 0 Å². The molecule has 1 aliphatic carbocycles. The molecule has 1 aliphatic heterocycles. The number of aromatic nitrogens is 1. The van der Waals surface area contributed by atoms with Gasteiger partial charge in [0.15, 0.2) is 5.78 Å². The lowest BCUT2D eigenvalue weighted by atomic mass is 9.76. The molecule has 98 valence electrons. The molecule has 0 spiro atoms. The van der Waals surface area contributed by atoms with E-state index in [0.717, 1.165) is 31.6 Å². The van der Waals surface area contributed by atoms with E-state index in [1.54, 1.807) is 0 Å². The largest absolute Gasteiger partial charge is 0.379 e. The zero-order valence-electron chi connectivity index (χ0n) is 11.5. The predicted octanol–water partition coefficient (Wildman–Crippen LogP) is 2.78. The molecule has 0 radical (unpaired) electrons. The summed E-state index contributed by atoms with van der Waals surface area (Å²) in [6.07, 6.45) is 4.76. The van der Waals surface area contributed by atoms with Crippen molar-refractivity contribution in [3.8, 4) is 0 Å². The lowest BCUT2D eigenvalue weighted by Gasteiger charge is -2.34. The zero-order valence-corrected chi connectivity index (χ0v) is 11.5. The van der Waals surface area contributed by atoms with Crippen LogP contribution in [0, 0.1) is 5.41 Å². The monoisotopic (exact) mass is 247 g/mol. The third-order valence-corrected chi connectivity index (χ3v) is 4.36. The summed E-state index contributed by atoms with van der Waals surface area (Å²) < 4.78 is 7.85. The first kappa shape index (κ1) is 12.0. The van der Waals surface area contributed by atoms with Gasteiger partial charge in [-0.15, -0.1) is 0 Å². The van der Waals surface area contributed by atoms with Crippen molar-refractivity contribution >= 4 is 5.78 Å². The molecule has 0 saturated carbocycles. The van der Waals surface area contributed by atoms with Gasteiger partial charge in [0.25, 0.3) is 0 Å². The second kappa shape index (κ2) is 3.70. The van der Waals surface area contributed by atoms with E-state index in [-0.39, 0.29) is 11.0 Å². The highest BCUT2D eigenvalue weighted by molar-refractivity contribution is 5.98. The second-order valence-corrected chi connectivity index (χ2v) is 6.79. The van der Waals surface area contributed by atoms with Crippen molar-refractivity contribution in [2.75, 3.05) is 13.2 Å². The number of nitrogens with zero attached hydrogens (tertiary/aromatic N) is 1. The van der Waals surface area contributed by atoms with Gasteiger partial charge in [0.2, 0.25) is 0 Å². The fourth-order valence-corrected chi connectivity index (χ4v) is 3.30. The van der Waals surface area contributed by atoms with E-state index in [2.05, 4.69) is 31.5 Å². The Labute approximate surface area is 108 Å². The van der Waals surface area contributed by atoms with Crippen LogP contribution in [0.25, 0.3) is 0 Å². The van der Waals surface area contributed by atoms with Gasteiger partial charge in [-0.3, -0.25) is 4.79 Å². The molecular weight excluding hydrogens is 226 g/mol. The first-order valence-electron chi connectivity index (χ1n) is 6.73. The van der Waals surface area contributed by atoms with Crippen LogP contribution in [0.4, 0.5) is 0 Å². The highest BCUT2D eigenvalue weighted by atomic mass is 16.5. The summed E-state index contributed by atoms with van der Waals surface area (Å²) in [5.74, 6) is 0.294. The Morgan fingerprint density at radius 1 is 1.28 bits per heavy atom. The average Bonchev–Trinajstić information content (AvgIpc) is 2.83. The van der Waals surface area contributed by atoms with Crippen LogP contribution < -0.4 is 0 Å². The molecule has 3 rings (SSSR count). The van der Waals surface area contributed by atoms with Gasteiger partial charge >= 0.3 is 0 Å². The molecule has 0 N–H and O–H groups in total. The van der Waals surface area contributed by atoms with Gasteiger partial charge in [-0.25, -0.2) is 0 Å². The maximum absolute atomic E-state index is 12.2. The second-order valence-electron chi connectivity index (χ2n) is 6.79. The SMILES string of the molecule is CC1(C)CC(=O)c2ccn(C3(C)CCOC3)c2C1. The van der Waals surface area contributed by atoms with E-state index in [9.17, 15) is 4.79 Å². The van der Waals surface area contributed by atoms with Crippen LogP contribution in [-0.4, -0.2) is 23.6 Å². The summed E-state index contributed by atoms with van der Waals surface area (Å²) in [7, 11) is 0. The van der Waals surface area contributed by atoms with Crippen molar-refractivity contribution in [3.05, 3.63) is 23.5 Å². The lowest BCUT2D eigenvalue weighted by Crippen LogP contribution is -2.35. The molecular formula is C15H21NO2. The Bertz CT molecular complexity index is 493. The number of ether oxygens (including phenoxy) is 1. The van der Waals surface area contributed by atoms with Crippen LogP contribution >= 0.6 is 0 Å². The van der Waals surface area contributed by atoms with E-state index in [1.165, 1.54) is 5.69 Å². The Kier molecular flexibility index (Phi) is 2.46. The number of carbonyl (C=O) groups is 1. The molecule has 0 amide bonds. The lowest BCUT2D eigenvalue weighted by molar-refractivity contribution is 0.0906. The fourth-order valence-electron chi connectivity index (χ4n) is 3.30. The van der Waals surface area contributed by atoms with Crippen molar-refractivity contribution in [2.24, 2.45) is 5.41 Å². The van der Waals surface area contributed by atoms with Gasteiger partial charge in [-0.2, -0.15) is 0 Å². The number of Topliss-reactive ketones (excluding diaryl/α,β-unsaturated/α-hetero) is 1. The van der Waals surface area contributed by atoms with Crippen LogP contribution in [0.1, 0.15) is 49.7 Å². The number of ketones is 1. The van der Waals surface area contributed by atoms with Crippen LogP contribution in [-0.2, 0) is 16.7 Å². The highest BCUT2D eigenvalue weighted by Gasteiger charge is 2.38. The summed E-state index contributed by atoms with van der Waals surface area (Å²) in [6.45, 7) is 8.16. The maximum Gasteiger partial charge on any atom is 0.165 e. The van der Waals surface area contributed by atoms with Gasteiger partial charge in [0.1, 0.15) is 0 Å². The summed E-state index contributed by atoms with van der Waals surface area (Å²) >= 11 is 0. The van der Waals surface area contributed by atoms with Gasteiger partial charge in [-0.05, 0) is 31.2 Å². The van der Waals surface area contributed by atoms with Crippen LogP contribution in [0.15, 0.2) is 12.3 Å². The smallest absolute Gasteiger partial charge is 0.165 e. The molecule has 2 aliphatic rings. The van der Waals surface area contributed by atoms with E-state index < -0.39 is 0 Å². The van der Waals surface area contributed by atoms with E-state index in [4.69, 9.17) is 4.74 Å². The van der Waals surface area contributed by atoms with Crippen molar-refractivity contribution in [1.29, 1.82) is 0 Å². The molecule has 3 nitrogen and oxygen atoms in total. The standard InChI is InChI=1S/C15H21NO2/c1-14(2)8-12-11(13(17)9-14)4-6-16(12)15(3)5-7-18-10-15/h4,6H,5,7-10H2,1-3H3. The van der Waals surface area contributed by atoms with Gasteiger partial charge in [-0.1, -0.05) is 13.8 Å². The molecule has 18 heavy (non-hydrogen) atoms. The molecule has 1 fully saturated rings. The minimum atomic E-state index is 0.0291. The van der Waals surface area contributed by atoms with Crippen molar-refractivity contribution in [2.45, 2.75) is 45.6 Å². The number of hydrogen-bond acceptors (Lipinski definition) is 2. The zero-order chi connectivity index (χ0) is 13.0. The molecule has 1 saturated heterocycles. The normalized spacial score (nSPS) is 30.5. The van der Waals surface area contributed by atoms with Gasteiger partial charge < -0.3 is 9.30 Å². The maximum atomic E-state index is 12.2. The molecule has 1 unspecified atom stereocenters. The quantitative estimate of drug-likeness (QED) is 0.764. The van der Waals surface area contributed by atoms with Crippen LogP contribution in [0.5, 0.6) is 0 Å². The van der Waals surface area contributed by atoms with Crippen LogP contribution in [0.2, 0.25) is 0 Å². The van der Waals surface area contributed by atoms with E-state index >= 15 is 0 Å². The number of hydrogen-bond donors (Lipinski definition) is 0. The highest BCUT2D eigenvalue weighted by Crippen LogP contribution is 2.38. The van der Waals surface area contributed by atoms with Crippen LogP contribution in [0.3, 0.4) is 0 Å². The third-order valence-electron chi connectivity index (χ3n) is 4.36. The summed E-state index contributed by atoms with van der Waals surface area (Å²) in [4.78, 5) is 12.2. The first-order chi connectivity index (χ1) is 8.41. The Morgan fingerprint density at radius 3 is 2.72 bits per heavy atom. The number of rotatable bonds is 1.